The van der Waals surface area contributed by atoms with Crippen LogP contribution >= 0.6 is 11.3 Å². The second-order valence-electron chi connectivity index (χ2n) is 8.95. The molecular weight excluding hydrogens is 492 g/mol. The molecule has 37 heavy (non-hydrogen) atoms. The number of aromatic nitrogens is 3. The van der Waals surface area contributed by atoms with Crippen molar-refractivity contribution >= 4 is 22.0 Å². The quantitative estimate of drug-likeness (QED) is 0.247. The van der Waals surface area contributed by atoms with E-state index in [0.29, 0.717) is 21.4 Å². The van der Waals surface area contributed by atoms with E-state index in [0.717, 1.165) is 38.3 Å². The van der Waals surface area contributed by atoms with Gasteiger partial charge in [0.25, 0.3) is 5.69 Å². The van der Waals surface area contributed by atoms with Crippen LogP contribution in [0, 0.1) is 10.1 Å². The average Bonchev–Trinajstić information content (AvgIpc) is 3.65. The number of nitro benzene ring substituents is 1. The van der Waals surface area contributed by atoms with Crippen LogP contribution in [0.4, 0.5) is 5.69 Å². The zero-order valence-electron chi connectivity index (χ0n) is 19.8. The fourth-order valence-corrected chi connectivity index (χ4v) is 5.88. The average molecular weight is 517 g/mol. The maximum Gasteiger partial charge on any atom is 0.269 e. The molecule has 1 aliphatic rings. The summed E-state index contributed by atoms with van der Waals surface area (Å²) in [6.45, 7) is 4.16. The predicted octanol–water partition coefficient (Wildman–Crippen LogP) is 4.57. The molecule has 5 aromatic rings. The van der Waals surface area contributed by atoms with Crippen molar-refractivity contribution in [2.45, 2.75) is 12.6 Å². The van der Waals surface area contributed by atoms with Crippen LogP contribution in [0.1, 0.15) is 22.0 Å². The third-order valence-electron chi connectivity index (χ3n) is 6.63. The lowest BCUT2D eigenvalue weighted by molar-refractivity contribution is -0.384. The molecule has 6 rings (SSSR count). The van der Waals surface area contributed by atoms with E-state index < -0.39 is 4.92 Å². The number of non-ortho nitro benzene ring substituents is 1. The van der Waals surface area contributed by atoms with E-state index in [4.69, 9.17) is 4.42 Å². The lowest BCUT2D eigenvalue weighted by Crippen LogP contribution is -2.47. The minimum Gasteiger partial charge on any atom is -0.492 e. The minimum absolute atomic E-state index is 0.0142. The number of thiazole rings is 1. The Morgan fingerprint density at radius 2 is 1.78 bits per heavy atom. The minimum atomic E-state index is -0.405. The SMILES string of the molecule is O=[N+]([O-])c1ccc([C@@H](c2sc3nc(-c4ccco4)nn3c2O)N2CCN(Cc3ccccc3)CC2)cc1. The summed E-state index contributed by atoms with van der Waals surface area (Å²) < 4.78 is 6.83. The second kappa shape index (κ2) is 9.77. The van der Waals surface area contributed by atoms with Crippen molar-refractivity contribution < 1.29 is 14.4 Å². The van der Waals surface area contributed by atoms with Gasteiger partial charge in [0.15, 0.2) is 5.76 Å². The molecule has 0 aliphatic carbocycles. The van der Waals surface area contributed by atoms with Crippen molar-refractivity contribution in [2.75, 3.05) is 26.2 Å². The van der Waals surface area contributed by atoms with Crippen LogP contribution in [0.5, 0.6) is 5.88 Å². The predicted molar refractivity (Wildman–Crippen MR) is 138 cm³/mol. The highest BCUT2D eigenvalue weighted by atomic mass is 32.1. The molecule has 0 saturated carbocycles. The number of nitro groups is 1. The van der Waals surface area contributed by atoms with Crippen LogP contribution in [0.2, 0.25) is 0 Å². The summed E-state index contributed by atoms with van der Waals surface area (Å²) in [5.74, 6) is 0.943. The molecule has 1 N–H and O–H groups in total. The molecule has 10 nitrogen and oxygen atoms in total. The van der Waals surface area contributed by atoms with Gasteiger partial charge >= 0.3 is 0 Å². The highest BCUT2D eigenvalue weighted by Crippen LogP contribution is 2.41. The van der Waals surface area contributed by atoms with Crippen LogP contribution in [-0.4, -0.2) is 60.6 Å². The number of hydrogen-bond acceptors (Lipinski definition) is 9. The number of fused-ring (bicyclic) bond motifs is 1. The summed E-state index contributed by atoms with van der Waals surface area (Å²) in [7, 11) is 0. The smallest absolute Gasteiger partial charge is 0.269 e. The van der Waals surface area contributed by atoms with E-state index >= 15 is 0 Å². The molecule has 1 aliphatic heterocycles. The molecule has 1 atom stereocenters. The van der Waals surface area contributed by atoms with Gasteiger partial charge in [0.05, 0.1) is 22.1 Å². The maximum atomic E-state index is 11.2. The van der Waals surface area contributed by atoms with Crippen molar-refractivity contribution in [1.82, 2.24) is 24.4 Å². The van der Waals surface area contributed by atoms with E-state index in [1.54, 1.807) is 30.5 Å². The lowest BCUT2D eigenvalue weighted by atomic mass is 10.0. The van der Waals surface area contributed by atoms with Crippen LogP contribution in [-0.2, 0) is 6.54 Å². The topological polar surface area (TPSA) is 113 Å². The fraction of sp³-hybridized carbons (Fsp3) is 0.231. The number of aromatic hydroxyl groups is 1. The summed E-state index contributed by atoms with van der Waals surface area (Å²) in [5, 5.41) is 26.9. The number of nitrogens with zero attached hydrogens (tertiary/aromatic N) is 6. The molecule has 0 radical (unpaired) electrons. The number of hydrogen-bond donors (Lipinski definition) is 1. The standard InChI is InChI=1S/C26H24N6O4S/c33-25-23(37-26-27-24(28-31(25)26)21-7-4-16-36-21)22(19-8-10-20(11-9-19)32(34)35)30-14-12-29(13-15-30)17-18-5-2-1-3-6-18/h1-11,16,22,33H,12-15,17H2/t22-/m0/s1. The van der Waals surface area contributed by atoms with Gasteiger partial charge in [-0.05, 0) is 23.3 Å². The first kappa shape index (κ1) is 23.3. The van der Waals surface area contributed by atoms with E-state index in [9.17, 15) is 15.2 Å². The summed E-state index contributed by atoms with van der Waals surface area (Å²) in [4.78, 5) is 21.4. The van der Waals surface area contributed by atoms with Crippen molar-refractivity contribution in [3.8, 4) is 17.5 Å². The molecule has 0 amide bonds. The molecule has 1 fully saturated rings. The van der Waals surface area contributed by atoms with Crippen molar-refractivity contribution in [3.63, 3.8) is 0 Å². The summed E-state index contributed by atoms with van der Waals surface area (Å²) in [5.41, 5.74) is 2.18. The summed E-state index contributed by atoms with van der Waals surface area (Å²) in [6.07, 6.45) is 1.55. The van der Waals surface area contributed by atoms with Gasteiger partial charge in [-0.2, -0.15) is 9.50 Å². The van der Waals surface area contributed by atoms with Gasteiger partial charge in [-0.3, -0.25) is 19.9 Å². The number of piperazine rings is 1. The normalized spacial score (nSPS) is 15.8. The van der Waals surface area contributed by atoms with Gasteiger partial charge in [0, 0.05) is 44.9 Å². The van der Waals surface area contributed by atoms with Gasteiger partial charge in [-0.15, -0.1) is 5.10 Å². The molecule has 1 saturated heterocycles. The van der Waals surface area contributed by atoms with E-state index in [2.05, 4.69) is 44.1 Å². The summed E-state index contributed by atoms with van der Waals surface area (Å²) >= 11 is 1.36. The molecule has 2 aromatic carbocycles. The van der Waals surface area contributed by atoms with Crippen LogP contribution < -0.4 is 0 Å². The van der Waals surface area contributed by atoms with Crippen molar-refractivity contribution in [1.29, 1.82) is 0 Å². The van der Waals surface area contributed by atoms with Crippen LogP contribution in [0.15, 0.2) is 77.4 Å². The molecule has 11 heteroatoms. The van der Waals surface area contributed by atoms with E-state index in [1.165, 1.54) is 33.5 Å². The highest BCUT2D eigenvalue weighted by molar-refractivity contribution is 7.17. The van der Waals surface area contributed by atoms with Crippen molar-refractivity contribution in [2.24, 2.45) is 0 Å². The molecule has 0 unspecified atom stereocenters. The first-order valence-corrected chi connectivity index (χ1v) is 12.8. The van der Waals surface area contributed by atoms with E-state index in [1.807, 2.05) is 6.07 Å². The Morgan fingerprint density at radius 3 is 2.43 bits per heavy atom. The van der Waals surface area contributed by atoms with Gasteiger partial charge in [0.1, 0.15) is 0 Å². The monoisotopic (exact) mass is 516 g/mol. The van der Waals surface area contributed by atoms with E-state index in [-0.39, 0.29) is 17.6 Å². The molecule has 0 spiro atoms. The van der Waals surface area contributed by atoms with Crippen LogP contribution in [0.3, 0.4) is 0 Å². The third kappa shape index (κ3) is 4.59. The number of rotatable bonds is 7. The van der Waals surface area contributed by atoms with Crippen LogP contribution in [0.25, 0.3) is 16.5 Å². The Balaban J connectivity index is 1.31. The Bertz CT molecular complexity index is 1510. The molecule has 4 heterocycles. The largest absolute Gasteiger partial charge is 0.492 e. The third-order valence-corrected chi connectivity index (χ3v) is 7.70. The summed E-state index contributed by atoms with van der Waals surface area (Å²) in [6, 6.07) is 20.2. The maximum absolute atomic E-state index is 11.2. The zero-order valence-corrected chi connectivity index (χ0v) is 20.6. The highest BCUT2D eigenvalue weighted by Gasteiger charge is 2.32. The fourth-order valence-electron chi connectivity index (χ4n) is 4.77. The molecule has 0 bridgehead atoms. The Kier molecular flexibility index (Phi) is 6.16. The molecule has 188 valence electrons. The van der Waals surface area contributed by atoms with Gasteiger partial charge < -0.3 is 9.52 Å². The van der Waals surface area contributed by atoms with Gasteiger partial charge in [0.2, 0.25) is 16.7 Å². The first-order valence-electron chi connectivity index (χ1n) is 11.9. The molecular formula is C26H24N6O4S. The van der Waals surface area contributed by atoms with Gasteiger partial charge in [-0.1, -0.05) is 53.8 Å². The second-order valence-corrected chi connectivity index (χ2v) is 9.96. The molecule has 3 aromatic heterocycles. The van der Waals surface area contributed by atoms with Gasteiger partial charge in [-0.25, -0.2) is 0 Å². The zero-order chi connectivity index (χ0) is 25.4. The Morgan fingerprint density at radius 1 is 1.03 bits per heavy atom. The first-order chi connectivity index (χ1) is 18.1. The number of furan rings is 1. The Labute approximate surface area is 216 Å². The Hall–Kier alpha value is -4.06. The van der Waals surface area contributed by atoms with Crippen molar-refractivity contribution in [3.05, 3.63) is 99.1 Å². The number of benzene rings is 2. The lowest BCUT2D eigenvalue weighted by Gasteiger charge is -2.39.